The molecule has 130 valence electrons. The first kappa shape index (κ1) is 18.3. The van der Waals surface area contributed by atoms with E-state index < -0.39 is 11.7 Å². The van der Waals surface area contributed by atoms with Gasteiger partial charge in [-0.15, -0.1) is 0 Å². The van der Waals surface area contributed by atoms with Crippen molar-refractivity contribution in [2.45, 2.75) is 26.1 Å². The van der Waals surface area contributed by atoms with Gasteiger partial charge in [-0.25, -0.2) is 0 Å². The molecule has 24 heavy (non-hydrogen) atoms. The summed E-state index contributed by atoms with van der Waals surface area (Å²) < 4.78 is 38.4. The summed E-state index contributed by atoms with van der Waals surface area (Å²) in [4.78, 5) is 13.9. The lowest BCUT2D eigenvalue weighted by molar-refractivity contribution is -0.137. The van der Waals surface area contributed by atoms with E-state index >= 15 is 0 Å². The van der Waals surface area contributed by atoms with Gasteiger partial charge < -0.3 is 10.2 Å². The van der Waals surface area contributed by atoms with Gasteiger partial charge in [0.15, 0.2) is 5.78 Å². The fraction of sp³-hybridized carbons (Fsp3) is 0.389. The molecule has 1 aliphatic rings. The Morgan fingerprint density at radius 1 is 1.33 bits per heavy atom. The van der Waals surface area contributed by atoms with Crippen LogP contribution in [0.3, 0.4) is 0 Å². The van der Waals surface area contributed by atoms with Gasteiger partial charge in [0.05, 0.1) is 5.56 Å². The van der Waals surface area contributed by atoms with E-state index in [0.717, 1.165) is 23.4 Å². The Balaban J connectivity index is 2.19. The van der Waals surface area contributed by atoms with E-state index in [0.29, 0.717) is 30.6 Å². The van der Waals surface area contributed by atoms with Gasteiger partial charge in [0.1, 0.15) is 0 Å². The van der Waals surface area contributed by atoms with Crippen LogP contribution < -0.4 is 5.32 Å². The lowest BCUT2D eigenvalue weighted by Crippen LogP contribution is -2.18. The predicted molar refractivity (Wildman–Crippen MR) is 87.2 cm³/mol. The summed E-state index contributed by atoms with van der Waals surface area (Å²) in [6, 6.07) is 5.26. The number of Topliss-reactive ketones (excluding diaryl/α,β-unsaturated/α-hetero) is 1. The number of nitrogens with zero attached hydrogens (tertiary/aromatic N) is 1. The fourth-order valence-corrected chi connectivity index (χ4v) is 2.73. The summed E-state index contributed by atoms with van der Waals surface area (Å²) >= 11 is 0. The molecule has 0 saturated heterocycles. The van der Waals surface area contributed by atoms with Gasteiger partial charge >= 0.3 is 6.18 Å². The van der Waals surface area contributed by atoms with Gasteiger partial charge in [-0.2, -0.15) is 13.2 Å². The zero-order valence-corrected chi connectivity index (χ0v) is 14.0. The van der Waals surface area contributed by atoms with Crippen molar-refractivity contribution in [2.24, 2.45) is 0 Å². The van der Waals surface area contributed by atoms with Crippen LogP contribution in [-0.2, 0) is 17.5 Å². The molecular formula is C18H21F3N2O. The highest BCUT2D eigenvalue weighted by atomic mass is 19.4. The molecule has 1 aromatic rings. The third-order valence-electron chi connectivity index (χ3n) is 4.08. The molecule has 1 aliphatic carbocycles. The zero-order chi connectivity index (χ0) is 17.9. The fourth-order valence-electron chi connectivity index (χ4n) is 2.73. The van der Waals surface area contributed by atoms with Crippen LogP contribution in [0, 0.1) is 0 Å². The highest BCUT2D eigenvalue weighted by Crippen LogP contribution is 2.30. The molecule has 0 aromatic heterocycles. The maximum atomic E-state index is 12.8. The minimum atomic E-state index is -4.35. The van der Waals surface area contributed by atoms with Gasteiger partial charge in [0.25, 0.3) is 0 Å². The largest absolute Gasteiger partial charge is 0.416 e. The lowest BCUT2D eigenvalue weighted by Gasteiger charge is -2.22. The molecule has 0 spiro atoms. The van der Waals surface area contributed by atoms with E-state index in [1.54, 1.807) is 13.1 Å². The van der Waals surface area contributed by atoms with Gasteiger partial charge in [0.2, 0.25) is 0 Å². The summed E-state index contributed by atoms with van der Waals surface area (Å²) in [6.07, 6.45) is -2.09. The van der Waals surface area contributed by atoms with Crippen molar-refractivity contribution in [3.63, 3.8) is 0 Å². The van der Waals surface area contributed by atoms with E-state index in [9.17, 15) is 18.0 Å². The number of hydrogen-bond donors (Lipinski definition) is 1. The SMILES string of the molecule is CNCC1=C/C(=C(\C)N(C)Cc2cccc(C(F)(F)F)c2)C(=O)C1. The second-order valence-corrected chi connectivity index (χ2v) is 5.99. The molecule has 0 fully saturated rings. The van der Waals surface area contributed by atoms with E-state index in [2.05, 4.69) is 5.32 Å². The van der Waals surface area contributed by atoms with E-state index in [1.807, 2.05) is 24.9 Å². The molecule has 1 N–H and O–H groups in total. The first-order valence-corrected chi connectivity index (χ1v) is 7.67. The zero-order valence-electron chi connectivity index (χ0n) is 14.0. The molecule has 0 atom stereocenters. The number of halogens is 3. The van der Waals surface area contributed by atoms with Crippen molar-refractivity contribution in [3.05, 3.63) is 58.3 Å². The molecule has 3 nitrogen and oxygen atoms in total. The maximum Gasteiger partial charge on any atom is 0.416 e. The standard InChI is InChI=1S/C18H21F3N2O/c1-12(16-8-14(10-22-2)9-17(16)24)23(3)11-13-5-4-6-15(7-13)18(19,20)21/h4-8,22H,9-11H2,1-3H3/b16-12-. The van der Waals surface area contributed by atoms with Crippen LogP contribution in [-0.4, -0.2) is 31.3 Å². The van der Waals surface area contributed by atoms with E-state index in [4.69, 9.17) is 0 Å². The second kappa shape index (κ2) is 7.21. The van der Waals surface area contributed by atoms with Crippen molar-refractivity contribution >= 4 is 5.78 Å². The highest BCUT2D eigenvalue weighted by Gasteiger charge is 2.30. The number of benzene rings is 1. The lowest BCUT2D eigenvalue weighted by atomic mass is 10.1. The average molecular weight is 338 g/mol. The molecule has 0 unspecified atom stereocenters. The van der Waals surface area contributed by atoms with Gasteiger partial charge in [0, 0.05) is 37.8 Å². The van der Waals surface area contributed by atoms with Crippen molar-refractivity contribution in [1.29, 1.82) is 0 Å². The Morgan fingerprint density at radius 3 is 2.67 bits per heavy atom. The number of allylic oxidation sites excluding steroid dienone is 3. The minimum Gasteiger partial charge on any atom is -0.373 e. The molecule has 0 bridgehead atoms. The number of carbonyl (C=O) groups excluding carboxylic acids is 1. The quantitative estimate of drug-likeness (QED) is 0.834. The molecule has 0 radical (unpaired) electrons. The Bertz CT molecular complexity index is 690. The van der Waals surface area contributed by atoms with Crippen LogP contribution in [0.2, 0.25) is 0 Å². The topological polar surface area (TPSA) is 32.3 Å². The smallest absolute Gasteiger partial charge is 0.373 e. The molecule has 6 heteroatoms. The van der Waals surface area contributed by atoms with E-state index in [-0.39, 0.29) is 5.78 Å². The molecule has 1 aromatic carbocycles. The monoisotopic (exact) mass is 338 g/mol. The normalized spacial score (nSPS) is 17.1. The number of rotatable bonds is 5. The number of likely N-dealkylation sites (N-methyl/N-ethyl adjacent to an activating group) is 1. The number of alkyl halides is 3. The third kappa shape index (κ3) is 4.26. The average Bonchev–Trinajstić information content (AvgIpc) is 2.87. The number of hydrogen-bond acceptors (Lipinski definition) is 3. The van der Waals surface area contributed by atoms with E-state index in [1.165, 1.54) is 6.07 Å². The second-order valence-electron chi connectivity index (χ2n) is 5.99. The van der Waals surface area contributed by atoms with Crippen molar-refractivity contribution in [2.75, 3.05) is 20.6 Å². The predicted octanol–water partition coefficient (Wildman–Crippen LogP) is 3.53. The van der Waals surface area contributed by atoms with Gasteiger partial charge in [-0.1, -0.05) is 12.1 Å². The van der Waals surface area contributed by atoms with Crippen molar-refractivity contribution in [3.8, 4) is 0 Å². The van der Waals surface area contributed by atoms with Gasteiger partial charge in [-0.3, -0.25) is 4.79 Å². The van der Waals surface area contributed by atoms with Crippen LogP contribution in [0.5, 0.6) is 0 Å². The summed E-state index contributed by atoms with van der Waals surface area (Å²) in [7, 11) is 3.60. The van der Waals surface area contributed by atoms with Crippen LogP contribution in [0.15, 0.2) is 47.2 Å². The maximum absolute atomic E-state index is 12.8. The summed E-state index contributed by atoms with van der Waals surface area (Å²) in [6.45, 7) is 2.78. The highest BCUT2D eigenvalue weighted by molar-refractivity contribution is 6.03. The first-order valence-electron chi connectivity index (χ1n) is 7.67. The Labute approximate surface area is 139 Å². The Kier molecular flexibility index (Phi) is 5.49. The molecule has 0 saturated carbocycles. The molecular weight excluding hydrogens is 317 g/mol. The molecule has 0 amide bonds. The summed E-state index contributed by atoms with van der Waals surface area (Å²) in [5.74, 6) is 0.0497. The Hall–Kier alpha value is -2.08. The summed E-state index contributed by atoms with van der Waals surface area (Å²) in [5.41, 5.74) is 2.31. The molecule has 0 aliphatic heterocycles. The molecule has 2 rings (SSSR count). The number of ketones is 1. The van der Waals surface area contributed by atoms with Crippen LogP contribution in [0.1, 0.15) is 24.5 Å². The minimum absolute atomic E-state index is 0.0497. The van der Waals surface area contributed by atoms with Crippen molar-refractivity contribution in [1.82, 2.24) is 10.2 Å². The van der Waals surface area contributed by atoms with Crippen LogP contribution in [0.4, 0.5) is 13.2 Å². The number of nitrogens with one attached hydrogen (secondary N) is 1. The Morgan fingerprint density at radius 2 is 2.04 bits per heavy atom. The van der Waals surface area contributed by atoms with Crippen LogP contribution in [0.25, 0.3) is 0 Å². The third-order valence-corrected chi connectivity index (χ3v) is 4.08. The summed E-state index contributed by atoms with van der Waals surface area (Å²) in [5, 5.41) is 3.02. The first-order chi connectivity index (χ1) is 11.2. The van der Waals surface area contributed by atoms with Gasteiger partial charge in [-0.05, 0) is 43.3 Å². The van der Waals surface area contributed by atoms with Crippen LogP contribution >= 0.6 is 0 Å². The molecule has 0 heterocycles. The number of carbonyl (C=O) groups is 1. The van der Waals surface area contributed by atoms with Crippen molar-refractivity contribution < 1.29 is 18.0 Å².